The smallest absolute Gasteiger partial charge is 0.174 e. The average Bonchev–Trinajstić information content (AvgIpc) is 3.23. The van der Waals surface area contributed by atoms with Crippen LogP contribution in [0.4, 0.5) is 0 Å². The average molecular weight is 354 g/mol. The predicted molar refractivity (Wildman–Crippen MR) is 96.1 cm³/mol. The largest absolute Gasteiger partial charge is 0.507 e. The van der Waals surface area contributed by atoms with Crippen molar-refractivity contribution in [3.05, 3.63) is 53.1 Å². The van der Waals surface area contributed by atoms with Gasteiger partial charge in [0.15, 0.2) is 5.78 Å². The highest BCUT2D eigenvalue weighted by Gasteiger charge is 2.48. The molecule has 2 aliphatic heterocycles. The van der Waals surface area contributed by atoms with Crippen LogP contribution in [0.15, 0.2) is 36.4 Å². The number of rotatable bonds is 4. The molecule has 0 aliphatic carbocycles. The second-order valence-electron chi connectivity index (χ2n) is 7.34. The number of benzene rings is 2. The maximum absolute atomic E-state index is 12.8. The van der Waals surface area contributed by atoms with E-state index in [4.69, 9.17) is 14.2 Å². The molecular weight excluding hydrogens is 332 g/mol. The molecule has 2 aromatic carbocycles. The van der Waals surface area contributed by atoms with Gasteiger partial charge in [-0.2, -0.15) is 0 Å². The Morgan fingerprint density at radius 2 is 1.96 bits per heavy atom. The van der Waals surface area contributed by atoms with Crippen molar-refractivity contribution in [2.45, 2.75) is 44.5 Å². The summed E-state index contributed by atoms with van der Waals surface area (Å²) < 4.78 is 17.1. The number of Topliss-reactive ketones (excluding diaryl/α,β-unsaturated/α-hetero) is 1. The van der Waals surface area contributed by atoms with Crippen molar-refractivity contribution in [1.29, 1.82) is 0 Å². The summed E-state index contributed by atoms with van der Waals surface area (Å²) in [4.78, 5) is 12.8. The molecule has 0 saturated carbocycles. The molecular formula is C21H22O5. The Hall–Kier alpha value is -2.53. The first kappa shape index (κ1) is 16.9. The van der Waals surface area contributed by atoms with Crippen LogP contribution >= 0.6 is 0 Å². The van der Waals surface area contributed by atoms with E-state index < -0.39 is 0 Å². The Labute approximate surface area is 152 Å². The zero-order chi connectivity index (χ0) is 18.5. The molecule has 4 rings (SSSR count). The van der Waals surface area contributed by atoms with Crippen LogP contribution in [0.2, 0.25) is 0 Å². The minimum Gasteiger partial charge on any atom is -0.507 e. The predicted octanol–water partition coefficient (Wildman–Crippen LogP) is 3.83. The highest BCUT2D eigenvalue weighted by molar-refractivity contribution is 6.03. The maximum Gasteiger partial charge on any atom is 0.174 e. The first-order chi connectivity index (χ1) is 12.4. The maximum atomic E-state index is 12.8. The molecule has 0 bridgehead atoms. The Bertz CT molecular complexity index is 856. The van der Waals surface area contributed by atoms with Crippen LogP contribution in [0.1, 0.15) is 47.9 Å². The molecule has 0 amide bonds. The molecule has 2 aromatic rings. The summed E-state index contributed by atoms with van der Waals surface area (Å²) in [6.07, 6.45) is 0.320. The molecule has 2 heterocycles. The van der Waals surface area contributed by atoms with Crippen molar-refractivity contribution in [1.82, 2.24) is 0 Å². The van der Waals surface area contributed by atoms with Gasteiger partial charge in [-0.05, 0) is 19.4 Å². The lowest BCUT2D eigenvalue weighted by Gasteiger charge is -2.27. The van der Waals surface area contributed by atoms with Crippen LogP contribution in [0.3, 0.4) is 0 Å². The number of carbonyl (C=O) groups excluding carboxylic acids is 1. The van der Waals surface area contributed by atoms with Gasteiger partial charge < -0.3 is 19.3 Å². The third-order valence-electron chi connectivity index (χ3n) is 5.19. The van der Waals surface area contributed by atoms with Crippen LogP contribution in [-0.4, -0.2) is 29.7 Å². The Morgan fingerprint density at radius 3 is 2.58 bits per heavy atom. The molecule has 2 aliphatic rings. The first-order valence-corrected chi connectivity index (χ1v) is 8.76. The van der Waals surface area contributed by atoms with Gasteiger partial charge >= 0.3 is 0 Å². The van der Waals surface area contributed by atoms with Gasteiger partial charge in [-0.15, -0.1) is 0 Å². The van der Waals surface area contributed by atoms with E-state index in [0.29, 0.717) is 23.5 Å². The monoisotopic (exact) mass is 354 g/mol. The number of fused-ring (bicyclic) bond motifs is 1. The van der Waals surface area contributed by atoms with E-state index in [1.54, 1.807) is 13.2 Å². The molecule has 0 radical (unpaired) electrons. The molecule has 26 heavy (non-hydrogen) atoms. The van der Waals surface area contributed by atoms with Gasteiger partial charge in [0.25, 0.3) is 0 Å². The zero-order valence-corrected chi connectivity index (χ0v) is 15.1. The van der Waals surface area contributed by atoms with Crippen molar-refractivity contribution < 1.29 is 24.1 Å². The third kappa shape index (κ3) is 2.82. The van der Waals surface area contributed by atoms with Gasteiger partial charge in [0.05, 0.1) is 25.2 Å². The van der Waals surface area contributed by atoms with E-state index >= 15 is 0 Å². The third-order valence-corrected chi connectivity index (χ3v) is 5.19. The lowest BCUT2D eigenvalue weighted by Crippen LogP contribution is -2.21. The topological polar surface area (TPSA) is 68.3 Å². The van der Waals surface area contributed by atoms with Gasteiger partial charge in [0, 0.05) is 18.1 Å². The number of hydrogen-bond donors (Lipinski definition) is 1. The number of epoxide rings is 1. The summed E-state index contributed by atoms with van der Waals surface area (Å²) in [6.45, 7) is 4.00. The summed E-state index contributed by atoms with van der Waals surface area (Å²) in [5.74, 6) is 0.692. The van der Waals surface area contributed by atoms with Gasteiger partial charge in [-0.25, -0.2) is 0 Å². The van der Waals surface area contributed by atoms with Gasteiger partial charge in [-0.1, -0.05) is 30.3 Å². The van der Waals surface area contributed by atoms with Crippen molar-refractivity contribution >= 4 is 5.78 Å². The summed E-state index contributed by atoms with van der Waals surface area (Å²) in [5.41, 5.74) is 1.55. The van der Waals surface area contributed by atoms with Crippen LogP contribution in [0.5, 0.6) is 17.2 Å². The van der Waals surface area contributed by atoms with Gasteiger partial charge in [-0.3, -0.25) is 4.79 Å². The fourth-order valence-corrected chi connectivity index (χ4v) is 3.53. The SMILES string of the molecule is COc1cc2c(c(O)c1CC1OC1(C)C)C(=O)CC(c1ccccc1)O2. The summed E-state index contributed by atoms with van der Waals surface area (Å²) in [5, 5.41) is 10.8. The molecule has 1 saturated heterocycles. The second kappa shape index (κ2) is 6.02. The molecule has 2 unspecified atom stereocenters. The van der Waals surface area contributed by atoms with Crippen LogP contribution in [-0.2, 0) is 11.2 Å². The van der Waals surface area contributed by atoms with E-state index in [1.807, 2.05) is 44.2 Å². The lowest BCUT2D eigenvalue weighted by atomic mass is 9.91. The number of ether oxygens (including phenoxy) is 3. The molecule has 136 valence electrons. The number of carbonyl (C=O) groups is 1. The van der Waals surface area contributed by atoms with Gasteiger partial charge in [0.1, 0.15) is 28.9 Å². The number of phenolic OH excluding ortho intramolecular Hbond substituents is 1. The van der Waals surface area contributed by atoms with Gasteiger partial charge in [0.2, 0.25) is 0 Å². The lowest BCUT2D eigenvalue weighted by molar-refractivity contribution is 0.0844. The number of methoxy groups -OCH3 is 1. The molecule has 5 heteroatoms. The highest BCUT2D eigenvalue weighted by Crippen LogP contribution is 2.47. The van der Waals surface area contributed by atoms with Crippen molar-refractivity contribution in [2.75, 3.05) is 7.11 Å². The van der Waals surface area contributed by atoms with E-state index in [0.717, 1.165) is 5.56 Å². The number of ketones is 1. The summed E-state index contributed by atoms with van der Waals surface area (Å²) in [6, 6.07) is 11.3. The number of hydrogen-bond acceptors (Lipinski definition) is 5. The molecule has 1 N–H and O–H groups in total. The molecule has 0 aromatic heterocycles. The zero-order valence-electron chi connectivity index (χ0n) is 15.1. The molecule has 1 fully saturated rings. The molecule has 5 nitrogen and oxygen atoms in total. The minimum absolute atomic E-state index is 0.00275. The van der Waals surface area contributed by atoms with Crippen molar-refractivity contribution in [2.24, 2.45) is 0 Å². The second-order valence-corrected chi connectivity index (χ2v) is 7.34. The minimum atomic E-state index is -0.364. The summed E-state index contributed by atoms with van der Waals surface area (Å²) >= 11 is 0. The van der Waals surface area contributed by atoms with E-state index in [-0.39, 0.29) is 41.3 Å². The Balaban J connectivity index is 1.71. The molecule has 0 spiro atoms. The fraction of sp³-hybridized carbons (Fsp3) is 0.381. The van der Waals surface area contributed by atoms with Crippen LogP contribution in [0, 0.1) is 0 Å². The van der Waals surface area contributed by atoms with E-state index in [2.05, 4.69) is 0 Å². The first-order valence-electron chi connectivity index (χ1n) is 8.76. The normalized spacial score (nSPS) is 23.1. The van der Waals surface area contributed by atoms with Crippen molar-refractivity contribution in [3.63, 3.8) is 0 Å². The fourth-order valence-electron chi connectivity index (χ4n) is 3.53. The summed E-state index contributed by atoms with van der Waals surface area (Å²) in [7, 11) is 1.54. The standard InChI is InChI=1S/C21H22O5/c1-21(2)18(26-21)9-13-16(24-3)11-17-19(20(13)23)14(22)10-15(25-17)12-7-5-4-6-8-12/h4-8,11,15,18,23H,9-10H2,1-3H3. The van der Waals surface area contributed by atoms with Crippen molar-refractivity contribution in [3.8, 4) is 17.2 Å². The van der Waals surface area contributed by atoms with E-state index in [9.17, 15) is 9.90 Å². The van der Waals surface area contributed by atoms with E-state index in [1.165, 1.54) is 0 Å². The quantitative estimate of drug-likeness (QED) is 0.845. The van der Waals surface area contributed by atoms with Crippen LogP contribution < -0.4 is 9.47 Å². The number of aromatic hydroxyl groups is 1. The van der Waals surface area contributed by atoms with Crippen LogP contribution in [0.25, 0.3) is 0 Å². The Morgan fingerprint density at radius 1 is 1.27 bits per heavy atom. The highest BCUT2D eigenvalue weighted by atomic mass is 16.6. The Kier molecular flexibility index (Phi) is 3.92. The number of phenols is 1. The molecule has 2 atom stereocenters.